The van der Waals surface area contributed by atoms with Crippen LogP contribution in [0.1, 0.15) is 70.3 Å². The molecular weight excluding hydrogens is 506 g/mol. The van der Waals surface area contributed by atoms with Crippen LogP contribution in [0.2, 0.25) is 0 Å². The molecule has 2 saturated carbocycles. The van der Waals surface area contributed by atoms with Crippen molar-refractivity contribution >= 4 is 34.6 Å². The maximum absolute atomic E-state index is 12.9. The molecule has 1 aliphatic heterocycles. The highest BCUT2D eigenvalue weighted by Crippen LogP contribution is 2.34. The average Bonchev–Trinajstić information content (AvgIpc) is 3.65. The second-order valence-corrected chi connectivity index (χ2v) is 11.5. The van der Waals surface area contributed by atoms with Crippen molar-refractivity contribution < 1.29 is 9.53 Å². The summed E-state index contributed by atoms with van der Waals surface area (Å²) in [6.07, 6.45) is 12.5. The van der Waals surface area contributed by atoms with E-state index in [0.29, 0.717) is 37.2 Å². The second kappa shape index (κ2) is 11.9. The lowest BCUT2D eigenvalue weighted by Gasteiger charge is -2.32. The standard InChI is InChI=1S/C29H41N9O2/c1-40-24-12-10-21(11-13-24)34-29(39)37-16-14-22(15-17-37)32-26-25-27(38(18-31-25)23-4-2-3-5-23)36-28(35-26)33-20-8-6-19(30)7-9-20/h10-13,18-20,22-23H,2-9,14-17,30H2,1H3,(H,34,39)(H2,32,33,35,36). The molecule has 0 radical (unpaired) electrons. The maximum atomic E-state index is 12.9. The zero-order chi connectivity index (χ0) is 27.5. The lowest BCUT2D eigenvalue weighted by molar-refractivity contribution is 0.197. The Hall–Kier alpha value is -3.60. The number of nitrogens with one attached hydrogen (secondary N) is 3. The molecule has 2 amide bonds. The summed E-state index contributed by atoms with van der Waals surface area (Å²) in [5, 5.41) is 10.3. The molecule has 5 N–H and O–H groups in total. The van der Waals surface area contributed by atoms with Crippen molar-refractivity contribution in [3.05, 3.63) is 30.6 Å². The predicted octanol–water partition coefficient (Wildman–Crippen LogP) is 4.74. The van der Waals surface area contributed by atoms with Crippen molar-refractivity contribution in [3.8, 4) is 5.75 Å². The summed E-state index contributed by atoms with van der Waals surface area (Å²) < 4.78 is 7.45. The molecule has 3 heterocycles. The van der Waals surface area contributed by atoms with E-state index in [1.165, 1.54) is 25.7 Å². The Morgan fingerprint density at radius 3 is 2.33 bits per heavy atom. The van der Waals surface area contributed by atoms with Gasteiger partial charge in [0, 0.05) is 42.9 Å². The molecule has 0 bridgehead atoms. The van der Waals surface area contributed by atoms with Crippen LogP contribution >= 0.6 is 0 Å². The first-order valence-corrected chi connectivity index (χ1v) is 14.8. The van der Waals surface area contributed by atoms with Crippen LogP contribution in [0.4, 0.5) is 22.2 Å². The fraction of sp³-hybridized carbons (Fsp3) is 0.586. The van der Waals surface area contributed by atoms with Crippen molar-refractivity contribution in [1.29, 1.82) is 0 Å². The van der Waals surface area contributed by atoms with Crippen molar-refractivity contribution in [2.45, 2.75) is 88.4 Å². The van der Waals surface area contributed by atoms with Crippen LogP contribution in [0.25, 0.3) is 11.2 Å². The molecule has 11 heteroatoms. The summed E-state index contributed by atoms with van der Waals surface area (Å²) in [5.41, 5.74) is 8.61. The number of likely N-dealkylation sites (tertiary alicyclic amines) is 1. The molecule has 214 valence electrons. The molecule has 3 fully saturated rings. The van der Waals surface area contributed by atoms with Gasteiger partial charge in [0.1, 0.15) is 5.75 Å². The normalized spacial score (nSPS) is 22.4. The Labute approximate surface area is 235 Å². The molecule has 0 spiro atoms. The van der Waals surface area contributed by atoms with E-state index in [9.17, 15) is 4.79 Å². The van der Waals surface area contributed by atoms with Gasteiger partial charge in [0.25, 0.3) is 0 Å². The molecule has 6 rings (SSSR count). The molecule has 1 saturated heterocycles. The Morgan fingerprint density at radius 1 is 0.925 bits per heavy atom. The molecule has 1 aromatic carbocycles. The summed E-state index contributed by atoms with van der Waals surface area (Å²) in [6.45, 7) is 1.33. The number of hydrogen-bond donors (Lipinski definition) is 4. The van der Waals surface area contributed by atoms with Crippen LogP contribution in [0.3, 0.4) is 0 Å². The lowest BCUT2D eigenvalue weighted by atomic mass is 9.92. The number of aromatic nitrogens is 4. The number of benzene rings is 1. The molecule has 0 unspecified atom stereocenters. The van der Waals surface area contributed by atoms with Crippen molar-refractivity contribution in [2.24, 2.45) is 5.73 Å². The number of piperidine rings is 1. The Morgan fingerprint density at radius 2 is 1.62 bits per heavy atom. The van der Waals surface area contributed by atoms with Gasteiger partial charge in [-0.05, 0) is 75.6 Å². The van der Waals surface area contributed by atoms with Crippen molar-refractivity contribution in [2.75, 3.05) is 36.1 Å². The van der Waals surface area contributed by atoms with Gasteiger partial charge in [0.15, 0.2) is 17.0 Å². The first-order chi connectivity index (χ1) is 19.6. The number of carbonyl (C=O) groups excluding carboxylic acids is 1. The number of amides is 2. The van der Waals surface area contributed by atoms with Crippen LogP contribution in [0.15, 0.2) is 30.6 Å². The smallest absolute Gasteiger partial charge is 0.321 e. The number of imidazole rings is 1. The zero-order valence-electron chi connectivity index (χ0n) is 23.3. The highest BCUT2D eigenvalue weighted by Gasteiger charge is 2.27. The third-order valence-corrected chi connectivity index (χ3v) is 8.71. The van der Waals surface area contributed by atoms with Gasteiger partial charge in [-0.3, -0.25) is 0 Å². The summed E-state index contributed by atoms with van der Waals surface area (Å²) in [5.74, 6) is 2.20. The first-order valence-electron chi connectivity index (χ1n) is 14.8. The van der Waals surface area contributed by atoms with Gasteiger partial charge in [-0.15, -0.1) is 0 Å². The van der Waals surface area contributed by atoms with Crippen LogP contribution < -0.4 is 26.4 Å². The highest BCUT2D eigenvalue weighted by molar-refractivity contribution is 5.89. The Bertz CT molecular complexity index is 1290. The van der Waals surface area contributed by atoms with E-state index in [2.05, 4.69) is 20.5 Å². The summed E-state index contributed by atoms with van der Waals surface area (Å²) >= 11 is 0. The number of rotatable bonds is 7. The van der Waals surface area contributed by atoms with Gasteiger partial charge < -0.3 is 35.9 Å². The molecule has 11 nitrogen and oxygen atoms in total. The number of methoxy groups -OCH3 is 1. The van der Waals surface area contributed by atoms with E-state index in [1.807, 2.05) is 35.5 Å². The van der Waals surface area contributed by atoms with Gasteiger partial charge in [0.05, 0.1) is 13.4 Å². The fourth-order valence-electron chi connectivity index (χ4n) is 6.27. The van der Waals surface area contributed by atoms with Crippen LogP contribution in [-0.2, 0) is 0 Å². The number of carbonyl (C=O) groups is 1. The third-order valence-electron chi connectivity index (χ3n) is 8.71. The number of urea groups is 1. The molecule has 2 aromatic heterocycles. The van der Waals surface area contributed by atoms with Gasteiger partial charge in [0.2, 0.25) is 5.95 Å². The monoisotopic (exact) mass is 547 g/mol. The Balaban J connectivity index is 1.14. The van der Waals surface area contributed by atoms with Gasteiger partial charge >= 0.3 is 6.03 Å². The van der Waals surface area contributed by atoms with E-state index >= 15 is 0 Å². The van der Waals surface area contributed by atoms with E-state index in [4.69, 9.17) is 25.4 Å². The van der Waals surface area contributed by atoms with Crippen LogP contribution in [0, 0.1) is 0 Å². The number of ether oxygens (including phenoxy) is 1. The number of fused-ring (bicyclic) bond motifs is 1. The minimum Gasteiger partial charge on any atom is -0.497 e. The zero-order valence-corrected chi connectivity index (χ0v) is 23.3. The summed E-state index contributed by atoms with van der Waals surface area (Å²) in [4.78, 5) is 29.4. The van der Waals surface area contributed by atoms with Crippen molar-refractivity contribution in [3.63, 3.8) is 0 Å². The predicted molar refractivity (Wildman–Crippen MR) is 157 cm³/mol. The van der Waals surface area contributed by atoms with Gasteiger partial charge in [-0.1, -0.05) is 12.8 Å². The van der Waals surface area contributed by atoms with Crippen LogP contribution in [0.5, 0.6) is 5.75 Å². The molecule has 2 aliphatic carbocycles. The van der Waals surface area contributed by atoms with E-state index < -0.39 is 0 Å². The second-order valence-electron chi connectivity index (χ2n) is 11.5. The maximum Gasteiger partial charge on any atom is 0.321 e. The fourth-order valence-corrected chi connectivity index (χ4v) is 6.27. The largest absolute Gasteiger partial charge is 0.497 e. The number of nitrogens with two attached hydrogens (primary N) is 1. The minimum absolute atomic E-state index is 0.0814. The quantitative estimate of drug-likeness (QED) is 0.333. The van der Waals surface area contributed by atoms with Crippen molar-refractivity contribution in [1.82, 2.24) is 24.4 Å². The lowest BCUT2D eigenvalue weighted by Crippen LogP contribution is -2.44. The van der Waals surface area contributed by atoms with Gasteiger partial charge in [-0.2, -0.15) is 9.97 Å². The molecule has 0 atom stereocenters. The first kappa shape index (κ1) is 26.6. The number of hydrogen-bond acceptors (Lipinski definition) is 8. The van der Waals surface area contributed by atoms with Crippen LogP contribution in [-0.4, -0.2) is 68.8 Å². The molecular formula is C29H41N9O2. The Kier molecular flexibility index (Phi) is 7.90. The third kappa shape index (κ3) is 5.94. The summed E-state index contributed by atoms with van der Waals surface area (Å²) in [6, 6.07) is 8.57. The van der Waals surface area contributed by atoms with E-state index in [-0.39, 0.29) is 12.1 Å². The topological polar surface area (TPSA) is 135 Å². The SMILES string of the molecule is COc1ccc(NC(=O)N2CCC(Nc3nc(NC4CCC(N)CC4)nc4c3ncn4C3CCCC3)CC2)cc1. The summed E-state index contributed by atoms with van der Waals surface area (Å²) in [7, 11) is 1.63. The van der Waals surface area contributed by atoms with E-state index in [1.54, 1.807) is 7.11 Å². The highest BCUT2D eigenvalue weighted by atomic mass is 16.5. The minimum atomic E-state index is -0.0814. The number of anilines is 3. The number of nitrogens with zero attached hydrogens (tertiary/aromatic N) is 5. The average molecular weight is 548 g/mol. The molecule has 40 heavy (non-hydrogen) atoms. The molecule has 3 aliphatic rings. The molecule has 3 aromatic rings. The van der Waals surface area contributed by atoms with E-state index in [0.717, 1.165) is 66.9 Å². The van der Waals surface area contributed by atoms with Gasteiger partial charge in [-0.25, -0.2) is 9.78 Å².